The van der Waals surface area contributed by atoms with Gasteiger partial charge in [0.25, 0.3) is 0 Å². The first kappa shape index (κ1) is 14.7. The summed E-state index contributed by atoms with van der Waals surface area (Å²) in [5.74, 6) is 0.694. The lowest BCUT2D eigenvalue weighted by atomic mass is 10.1. The summed E-state index contributed by atoms with van der Waals surface area (Å²) in [6, 6.07) is 7.76. The maximum atomic E-state index is 10.1. The number of fused-ring (bicyclic) bond motifs is 1. The second-order valence-electron chi connectivity index (χ2n) is 4.88. The van der Waals surface area contributed by atoms with Crippen molar-refractivity contribution in [2.24, 2.45) is 0 Å². The second-order valence-corrected chi connectivity index (χ2v) is 6.09. The molecule has 2 aromatic rings. The van der Waals surface area contributed by atoms with Crippen LogP contribution in [-0.2, 0) is 6.54 Å². The number of rotatable bonds is 6. The molecular formula is C14H18ClNO2S. The zero-order chi connectivity index (χ0) is 13.9. The Labute approximate surface area is 122 Å². The van der Waals surface area contributed by atoms with E-state index >= 15 is 0 Å². The molecule has 0 saturated carbocycles. The van der Waals surface area contributed by atoms with Gasteiger partial charge < -0.3 is 14.8 Å². The van der Waals surface area contributed by atoms with Crippen LogP contribution >= 0.6 is 23.4 Å². The van der Waals surface area contributed by atoms with Crippen molar-refractivity contribution in [1.82, 2.24) is 5.32 Å². The Morgan fingerprint density at radius 2 is 2.16 bits per heavy atom. The van der Waals surface area contributed by atoms with Crippen LogP contribution in [0.3, 0.4) is 0 Å². The first-order valence-electron chi connectivity index (χ1n) is 6.11. The molecule has 1 aromatic heterocycles. The topological polar surface area (TPSA) is 45.4 Å². The number of hydrogen-bond acceptors (Lipinski definition) is 4. The predicted molar refractivity (Wildman–Crippen MR) is 81.9 cm³/mol. The minimum atomic E-state index is -0.717. The van der Waals surface area contributed by atoms with E-state index in [-0.39, 0.29) is 0 Å². The number of hydrogen-bond donors (Lipinski definition) is 2. The Bertz CT molecular complexity index is 553. The van der Waals surface area contributed by atoms with E-state index in [1.807, 2.05) is 37.4 Å². The molecule has 0 aliphatic carbocycles. The third-order valence-corrected chi connectivity index (χ3v) is 4.13. The molecule has 2 rings (SSSR count). The Morgan fingerprint density at radius 1 is 1.42 bits per heavy atom. The van der Waals surface area contributed by atoms with Gasteiger partial charge in [0.1, 0.15) is 5.58 Å². The van der Waals surface area contributed by atoms with E-state index in [0.29, 0.717) is 24.1 Å². The minimum absolute atomic E-state index is 0.415. The highest BCUT2D eigenvalue weighted by molar-refractivity contribution is 7.98. The molecule has 2 N–H and O–H groups in total. The number of thioether (sulfide) groups is 1. The molecule has 0 aliphatic heterocycles. The van der Waals surface area contributed by atoms with Crippen molar-refractivity contribution in [3.8, 4) is 0 Å². The minimum Gasteiger partial charge on any atom is -0.444 e. The zero-order valence-electron chi connectivity index (χ0n) is 11.1. The number of para-hydroxylation sites is 1. The SMILES string of the molecule is CSCC(C)(O)CNCc1c(Cl)oc2ccccc12. The number of furan rings is 1. The van der Waals surface area contributed by atoms with Crippen molar-refractivity contribution in [2.45, 2.75) is 19.1 Å². The first-order chi connectivity index (χ1) is 9.03. The van der Waals surface area contributed by atoms with Crippen LogP contribution in [0.15, 0.2) is 28.7 Å². The van der Waals surface area contributed by atoms with Crippen LogP contribution < -0.4 is 5.32 Å². The van der Waals surface area contributed by atoms with Crippen molar-refractivity contribution < 1.29 is 9.52 Å². The molecule has 104 valence electrons. The molecule has 1 atom stereocenters. The molecule has 0 spiro atoms. The molecule has 19 heavy (non-hydrogen) atoms. The van der Waals surface area contributed by atoms with Gasteiger partial charge in [0.05, 0.1) is 5.60 Å². The van der Waals surface area contributed by atoms with Gasteiger partial charge in [-0.25, -0.2) is 0 Å². The number of halogens is 1. The molecule has 0 bridgehead atoms. The van der Waals surface area contributed by atoms with Gasteiger partial charge in [-0.3, -0.25) is 0 Å². The van der Waals surface area contributed by atoms with Crippen LogP contribution in [0.1, 0.15) is 12.5 Å². The van der Waals surface area contributed by atoms with Crippen LogP contribution in [-0.4, -0.2) is 29.3 Å². The summed E-state index contributed by atoms with van der Waals surface area (Å²) in [6.45, 7) is 2.93. The van der Waals surface area contributed by atoms with Crippen molar-refractivity contribution in [2.75, 3.05) is 18.6 Å². The van der Waals surface area contributed by atoms with E-state index in [9.17, 15) is 5.11 Å². The van der Waals surface area contributed by atoms with Gasteiger partial charge in [0, 0.05) is 29.8 Å². The molecule has 1 unspecified atom stereocenters. The molecule has 5 heteroatoms. The highest BCUT2D eigenvalue weighted by Gasteiger charge is 2.19. The molecule has 0 radical (unpaired) electrons. The summed E-state index contributed by atoms with van der Waals surface area (Å²) in [6.07, 6.45) is 1.98. The van der Waals surface area contributed by atoms with Crippen LogP contribution in [0.2, 0.25) is 5.22 Å². The summed E-state index contributed by atoms with van der Waals surface area (Å²) in [7, 11) is 0. The van der Waals surface area contributed by atoms with E-state index < -0.39 is 5.60 Å². The van der Waals surface area contributed by atoms with Crippen LogP contribution in [0.4, 0.5) is 0 Å². The highest BCUT2D eigenvalue weighted by atomic mass is 35.5. The predicted octanol–water partition coefficient (Wildman–Crippen LogP) is 3.29. The summed E-state index contributed by atoms with van der Waals surface area (Å²) < 4.78 is 5.49. The first-order valence-corrected chi connectivity index (χ1v) is 7.88. The second kappa shape index (κ2) is 6.18. The molecule has 0 saturated heterocycles. The summed E-state index contributed by atoms with van der Waals surface area (Å²) in [4.78, 5) is 0. The molecule has 0 amide bonds. The van der Waals surface area contributed by atoms with E-state index in [0.717, 1.165) is 16.5 Å². The Hall–Kier alpha value is -0.680. The summed E-state index contributed by atoms with van der Waals surface area (Å²) in [5.41, 5.74) is 1.02. The standard InChI is InChI=1S/C14H18ClNO2S/c1-14(17,9-19-2)8-16-7-11-10-5-3-4-6-12(10)18-13(11)15/h3-6,16-17H,7-9H2,1-2H3. The number of aliphatic hydroxyl groups is 1. The average Bonchev–Trinajstić information content (AvgIpc) is 2.66. The number of benzene rings is 1. The fourth-order valence-corrected chi connectivity index (χ4v) is 3.03. The van der Waals surface area contributed by atoms with Gasteiger partial charge >= 0.3 is 0 Å². The van der Waals surface area contributed by atoms with Crippen LogP contribution in [0.25, 0.3) is 11.0 Å². The van der Waals surface area contributed by atoms with E-state index in [1.54, 1.807) is 11.8 Å². The smallest absolute Gasteiger partial charge is 0.199 e. The fourth-order valence-electron chi connectivity index (χ4n) is 2.05. The van der Waals surface area contributed by atoms with Gasteiger partial charge in [0.2, 0.25) is 0 Å². The van der Waals surface area contributed by atoms with E-state index in [2.05, 4.69) is 5.32 Å². The number of nitrogens with one attached hydrogen (secondary N) is 1. The quantitative estimate of drug-likeness (QED) is 0.859. The van der Waals surface area contributed by atoms with Gasteiger partial charge in [0.15, 0.2) is 5.22 Å². The molecular weight excluding hydrogens is 282 g/mol. The maximum absolute atomic E-state index is 10.1. The van der Waals surface area contributed by atoms with Gasteiger partial charge in [-0.05, 0) is 30.8 Å². The largest absolute Gasteiger partial charge is 0.444 e. The van der Waals surface area contributed by atoms with Crippen molar-refractivity contribution >= 4 is 34.3 Å². The molecule has 3 nitrogen and oxygen atoms in total. The fraction of sp³-hybridized carbons (Fsp3) is 0.429. The average molecular weight is 300 g/mol. The summed E-state index contributed by atoms with van der Waals surface area (Å²) >= 11 is 7.73. The van der Waals surface area contributed by atoms with Crippen LogP contribution in [0.5, 0.6) is 0 Å². The Morgan fingerprint density at radius 3 is 2.89 bits per heavy atom. The third-order valence-electron chi connectivity index (χ3n) is 2.91. The molecule has 0 aliphatic rings. The van der Waals surface area contributed by atoms with Gasteiger partial charge in [-0.2, -0.15) is 11.8 Å². The monoisotopic (exact) mass is 299 g/mol. The lowest BCUT2D eigenvalue weighted by Crippen LogP contribution is -2.39. The highest BCUT2D eigenvalue weighted by Crippen LogP contribution is 2.29. The van der Waals surface area contributed by atoms with Crippen LogP contribution in [0, 0.1) is 0 Å². The van der Waals surface area contributed by atoms with Crippen molar-refractivity contribution in [1.29, 1.82) is 0 Å². The maximum Gasteiger partial charge on any atom is 0.199 e. The molecule has 1 heterocycles. The summed E-state index contributed by atoms with van der Waals surface area (Å²) in [5, 5.41) is 14.8. The van der Waals surface area contributed by atoms with Gasteiger partial charge in [-0.1, -0.05) is 18.2 Å². The molecule has 1 aromatic carbocycles. The lowest BCUT2D eigenvalue weighted by molar-refractivity contribution is 0.0846. The normalized spacial score (nSPS) is 14.7. The van der Waals surface area contributed by atoms with E-state index in [1.165, 1.54) is 0 Å². The van der Waals surface area contributed by atoms with Crippen molar-refractivity contribution in [3.05, 3.63) is 35.0 Å². The Kier molecular flexibility index (Phi) is 4.79. The zero-order valence-corrected chi connectivity index (χ0v) is 12.6. The lowest BCUT2D eigenvalue weighted by Gasteiger charge is -2.22. The molecule has 0 fully saturated rings. The third kappa shape index (κ3) is 3.66. The van der Waals surface area contributed by atoms with Gasteiger partial charge in [-0.15, -0.1) is 0 Å². The van der Waals surface area contributed by atoms with E-state index in [4.69, 9.17) is 16.0 Å². The van der Waals surface area contributed by atoms with Crippen molar-refractivity contribution in [3.63, 3.8) is 0 Å². The Balaban J connectivity index is 2.04.